The third-order valence-electron chi connectivity index (χ3n) is 2.25. The van der Waals surface area contributed by atoms with Crippen molar-refractivity contribution in [2.45, 2.75) is 6.42 Å². The van der Waals surface area contributed by atoms with Crippen molar-refractivity contribution in [2.75, 3.05) is 13.1 Å². The second kappa shape index (κ2) is 5.86. The Hall–Kier alpha value is -2.08. The molecule has 0 unspecified atom stereocenters. The molecule has 1 rings (SSSR count). The number of aliphatic hydroxyl groups excluding tert-OH is 1. The van der Waals surface area contributed by atoms with Crippen molar-refractivity contribution in [3.63, 3.8) is 0 Å². The summed E-state index contributed by atoms with van der Waals surface area (Å²) in [5, 5.41) is 19.8. The van der Waals surface area contributed by atoms with Gasteiger partial charge in [0.2, 0.25) is 6.54 Å². The maximum Gasteiger partial charge on any atom is 0.222 e. The fourth-order valence-electron chi connectivity index (χ4n) is 1.37. The Kier molecular flexibility index (Phi) is 4.47. The highest BCUT2D eigenvalue weighted by Gasteiger charge is 2.09. The highest BCUT2D eigenvalue weighted by Crippen LogP contribution is 2.22. The molecule has 0 saturated heterocycles. The molecule has 0 aromatic heterocycles. The third kappa shape index (κ3) is 4.12. The predicted molar refractivity (Wildman–Crippen MR) is 64.7 cm³/mol. The van der Waals surface area contributed by atoms with Crippen molar-refractivity contribution in [2.24, 2.45) is 11.5 Å². The molecule has 0 aliphatic heterocycles. The second-order valence-electron chi connectivity index (χ2n) is 3.61. The first-order chi connectivity index (χ1) is 8.02. The molecule has 6 heteroatoms. The zero-order chi connectivity index (χ0) is 12.8. The van der Waals surface area contributed by atoms with Crippen LogP contribution in [0.25, 0.3) is 0 Å². The van der Waals surface area contributed by atoms with E-state index in [0.717, 1.165) is 5.57 Å². The topological polar surface area (TPSA) is 115 Å². The van der Waals surface area contributed by atoms with Gasteiger partial charge in [0.15, 0.2) is 0 Å². The van der Waals surface area contributed by atoms with Crippen molar-refractivity contribution in [3.8, 4) is 0 Å². The van der Waals surface area contributed by atoms with Crippen molar-refractivity contribution in [1.82, 2.24) is 0 Å². The first-order valence-corrected chi connectivity index (χ1v) is 5.11. The monoisotopic (exact) mass is 237 g/mol. The highest BCUT2D eigenvalue weighted by molar-refractivity contribution is 5.46. The predicted octanol–water partition coefficient (Wildman–Crippen LogP) is 0.763. The van der Waals surface area contributed by atoms with Gasteiger partial charge < -0.3 is 16.6 Å². The van der Waals surface area contributed by atoms with Gasteiger partial charge in [-0.25, -0.2) is 0 Å². The van der Waals surface area contributed by atoms with Gasteiger partial charge in [-0.3, -0.25) is 10.1 Å². The summed E-state index contributed by atoms with van der Waals surface area (Å²) >= 11 is 0. The van der Waals surface area contributed by atoms with Crippen LogP contribution >= 0.6 is 0 Å². The molecule has 17 heavy (non-hydrogen) atoms. The molecule has 0 spiro atoms. The van der Waals surface area contributed by atoms with E-state index in [2.05, 4.69) is 0 Å². The van der Waals surface area contributed by atoms with E-state index in [1.54, 1.807) is 18.2 Å². The number of hydrogen-bond donors (Lipinski definition) is 3. The van der Waals surface area contributed by atoms with E-state index in [-0.39, 0.29) is 18.8 Å². The minimum absolute atomic E-state index is 0.111. The summed E-state index contributed by atoms with van der Waals surface area (Å²) in [5.41, 5.74) is 12.6. The van der Waals surface area contributed by atoms with Crippen LogP contribution in [0.1, 0.15) is 6.42 Å². The Labute approximate surface area is 98.8 Å². The van der Waals surface area contributed by atoms with E-state index in [1.807, 2.05) is 0 Å². The lowest BCUT2D eigenvalue weighted by Crippen LogP contribution is -2.11. The first kappa shape index (κ1) is 13.0. The molecular formula is C11H15N3O3. The van der Waals surface area contributed by atoms with Gasteiger partial charge in [-0.15, -0.1) is 0 Å². The molecule has 6 nitrogen and oxygen atoms in total. The van der Waals surface area contributed by atoms with Crippen molar-refractivity contribution >= 4 is 0 Å². The van der Waals surface area contributed by atoms with Gasteiger partial charge in [-0.1, -0.05) is 0 Å². The van der Waals surface area contributed by atoms with Gasteiger partial charge in [0.05, 0.1) is 0 Å². The average molecular weight is 237 g/mol. The normalized spacial score (nSPS) is 18.9. The molecule has 0 aromatic rings. The maximum atomic E-state index is 10.2. The number of nitrogens with two attached hydrogens (primary N) is 2. The van der Waals surface area contributed by atoms with Crippen LogP contribution in [0, 0.1) is 10.1 Å². The van der Waals surface area contributed by atoms with Gasteiger partial charge in [0.1, 0.15) is 5.76 Å². The van der Waals surface area contributed by atoms with Crippen LogP contribution in [0.2, 0.25) is 0 Å². The molecule has 0 aromatic carbocycles. The highest BCUT2D eigenvalue weighted by atomic mass is 16.6. The molecule has 0 saturated carbocycles. The zero-order valence-corrected chi connectivity index (χ0v) is 9.30. The smallest absolute Gasteiger partial charge is 0.222 e. The molecule has 1 aliphatic carbocycles. The van der Waals surface area contributed by atoms with Crippen LogP contribution in [0.5, 0.6) is 0 Å². The lowest BCUT2D eigenvalue weighted by atomic mass is 9.99. The number of hydrogen-bond acceptors (Lipinski definition) is 5. The average Bonchev–Trinajstić information content (AvgIpc) is 2.29. The third-order valence-corrected chi connectivity index (χ3v) is 2.25. The Morgan fingerprint density at radius 2 is 2.35 bits per heavy atom. The van der Waals surface area contributed by atoms with E-state index in [9.17, 15) is 15.2 Å². The Morgan fingerprint density at radius 3 is 2.94 bits per heavy atom. The van der Waals surface area contributed by atoms with Gasteiger partial charge in [-0.05, 0) is 36.3 Å². The number of rotatable bonds is 4. The lowest BCUT2D eigenvalue weighted by Gasteiger charge is -2.10. The quantitative estimate of drug-likeness (QED) is 0.493. The molecule has 92 valence electrons. The molecule has 0 radical (unpaired) electrons. The minimum Gasteiger partial charge on any atom is -0.508 e. The SMILES string of the molecule is NCC(N)=CC1=CC(=CC[N+](=O)[O-])CC=C1O. The van der Waals surface area contributed by atoms with Crippen LogP contribution in [0.15, 0.2) is 46.9 Å². The van der Waals surface area contributed by atoms with Crippen LogP contribution in [-0.2, 0) is 0 Å². The van der Waals surface area contributed by atoms with Crippen LogP contribution < -0.4 is 11.5 Å². The van der Waals surface area contributed by atoms with E-state index in [0.29, 0.717) is 17.7 Å². The number of nitro groups is 1. The maximum absolute atomic E-state index is 10.2. The fraction of sp³-hybridized carbons (Fsp3) is 0.273. The summed E-state index contributed by atoms with van der Waals surface area (Å²) in [5.74, 6) is 0.111. The molecule has 0 amide bonds. The summed E-state index contributed by atoms with van der Waals surface area (Å²) in [6.45, 7) is -0.0393. The number of allylic oxidation sites excluding steroid dienone is 4. The Morgan fingerprint density at radius 1 is 1.65 bits per heavy atom. The van der Waals surface area contributed by atoms with Crippen molar-refractivity contribution in [1.29, 1.82) is 0 Å². The number of aliphatic hydroxyl groups is 1. The first-order valence-electron chi connectivity index (χ1n) is 5.11. The molecule has 0 atom stereocenters. The van der Waals surface area contributed by atoms with Crippen molar-refractivity contribution in [3.05, 3.63) is 57.0 Å². The Bertz CT molecular complexity index is 433. The molecular weight excluding hydrogens is 222 g/mol. The summed E-state index contributed by atoms with van der Waals surface area (Å²) < 4.78 is 0. The van der Waals surface area contributed by atoms with E-state index in [4.69, 9.17) is 11.5 Å². The minimum atomic E-state index is -0.414. The lowest BCUT2D eigenvalue weighted by molar-refractivity contribution is -0.468. The zero-order valence-electron chi connectivity index (χ0n) is 9.30. The van der Waals surface area contributed by atoms with Gasteiger partial charge in [0.25, 0.3) is 0 Å². The molecule has 1 aliphatic rings. The summed E-state index contributed by atoms with van der Waals surface area (Å²) in [6.07, 6.45) is 6.79. The molecule has 0 bridgehead atoms. The summed E-state index contributed by atoms with van der Waals surface area (Å²) in [7, 11) is 0. The fourth-order valence-corrected chi connectivity index (χ4v) is 1.37. The van der Waals surface area contributed by atoms with E-state index < -0.39 is 4.92 Å². The standard InChI is InChI=1S/C11H15N3O3/c12-7-10(13)6-9-5-8(1-2-11(9)15)3-4-14(16)17/h2-3,5-6,15H,1,4,7,12-13H2. The molecule has 0 heterocycles. The van der Waals surface area contributed by atoms with Crippen molar-refractivity contribution < 1.29 is 10.0 Å². The molecule has 0 fully saturated rings. The largest absolute Gasteiger partial charge is 0.508 e. The van der Waals surface area contributed by atoms with E-state index in [1.165, 1.54) is 6.08 Å². The van der Waals surface area contributed by atoms with E-state index >= 15 is 0 Å². The number of nitrogens with zero attached hydrogens (tertiary/aromatic N) is 1. The van der Waals surface area contributed by atoms with Crippen LogP contribution in [0.3, 0.4) is 0 Å². The molecule has 5 N–H and O–H groups in total. The summed E-state index contributed by atoms with van der Waals surface area (Å²) in [4.78, 5) is 9.83. The van der Waals surface area contributed by atoms with Gasteiger partial charge in [0, 0.05) is 22.7 Å². The second-order valence-corrected chi connectivity index (χ2v) is 3.61. The van der Waals surface area contributed by atoms with Gasteiger partial charge in [-0.2, -0.15) is 0 Å². The summed E-state index contributed by atoms with van der Waals surface area (Å²) in [6, 6.07) is 0. The van der Waals surface area contributed by atoms with Crippen LogP contribution in [0.4, 0.5) is 0 Å². The van der Waals surface area contributed by atoms with Gasteiger partial charge >= 0.3 is 0 Å². The Balaban J connectivity index is 2.89. The van der Waals surface area contributed by atoms with Crippen LogP contribution in [-0.4, -0.2) is 23.1 Å².